The van der Waals surface area contributed by atoms with E-state index in [2.05, 4.69) is 318 Å². The molecular formula is C79H78B2N4O2Si5. The Bertz CT molecular complexity index is 4990. The zero-order chi connectivity index (χ0) is 63.6. The van der Waals surface area contributed by atoms with Gasteiger partial charge in [-0.1, -0.05) is 227 Å². The van der Waals surface area contributed by atoms with Gasteiger partial charge in [0.15, 0.2) is 23.0 Å². The molecule has 0 bridgehead atoms. The molecule has 6 heterocycles. The van der Waals surface area contributed by atoms with Gasteiger partial charge in [-0.3, -0.25) is 0 Å². The second-order valence-corrected chi connectivity index (χ2v) is 57.3. The predicted octanol–water partition coefficient (Wildman–Crippen LogP) is 15.6. The first-order chi connectivity index (χ1) is 43.8. The van der Waals surface area contributed by atoms with Crippen LogP contribution < -0.4 is 87.8 Å². The van der Waals surface area contributed by atoms with E-state index in [1.807, 2.05) is 0 Å². The number of benzene rings is 11. The Labute approximate surface area is 549 Å². The summed E-state index contributed by atoms with van der Waals surface area (Å²) in [6.45, 7) is 37.0. The number of nitrogens with zero attached hydrogens (tertiary/aromatic N) is 4. The van der Waals surface area contributed by atoms with Crippen LogP contribution in [0, 0.1) is 0 Å². The van der Waals surface area contributed by atoms with Gasteiger partial charge >= 0.3 is 0 Å². The summed E-state index contributed by atoms with van der Waals surface area (Å²) in [7, 11) is -8.79. The van der Waals surface area contributed by atoms with Crippen molar-refractivity contribution in [3.8, 4) is 34.1 Å². The fourth-order valence-corrected chi connectivity index (χ4v) is 21.5. The van der Waals surface area contributed by atoms with Crippen LogP contribution in [0.1, 0.15) is 0 Å². The van der Waals surface area contributed by atoms with Crippen LogP contribution in [0.25, 0.3) is 21.9 Å². The molecule has 0 saturated carbocycles. The van der Waals surface area contributed by atoms with E-state index in [0.29, 0.717) is 0 Å². The molecule has 0 aromatic heterocycles. The zero-order valence-corrected chi connectivity index (χ0v) is 60.8. The second kappa shape index (κ2) is 19.6. The maximum atomic E-state index is 7.34. The van der Waals surface area contributed by atoms with Crippen molar-refractivity contribution in [3.63, 3.8) is 0 Å². The maximum absolute atomic E-state index is 7.34. The first-order valence-corrected chi connectivity index (χ1v) is 50.6. The fraction of sp³-hybridized carbons (Fsp3) is 0.190. The highest BCUT2D eigenvalue weighted by molar-refractivity contribution is 7.02. The lowest BCUT2D eigenvalue weighted by atomic mass is 9.33. The molecule has 92 heavy (non-hydrogen) atoms. The molecule has 11 aromatic carbocycles. The van der Waals surface area contributed by atoms with Crippen LogP contribution in [0.5, 0.6) is 23.0 Å². The van der Waals surface area contributed by atoms with Crippen LogP contribution in [-0.4, -0.2) is 53.8 Å². The van der Waals surface area contributed by atoms with Crippen molar-refractivity contribution in [2.24, 2.45) is 0 Å². The van der Waals surface area contributed by atoms with E-state index >= 15 is 0 Å². The molecule has 0 saturated heterocycles. The molecule has 11 aromatic rings. The van der Waals surface area contributed by atoms with E-state index in [-0.39, 0.29) is 13.4 Å². The number of hydrogen-bond donors (Lipinski definition) is 0. The van der Waals surface area contributed by atoms with Crippen molar-refractivity contribution < 1.29 is 9.47 Å². The van der Waals surface area contributed by atoms with Gasteiger partial charge in [0.05, 0.1) is 68.8 Å². The summed E-state index contributed by atoms with van der Waals surface area (Å²) in [5.74, 6) is 3.47. The van der Waals surface area contributed by atoms with Crippen molar-refractivity contribution in [2.75, 3.05) is 19.6 Å². The van der Waals surface area contributed by atoms with Gasteiger partial charge in [-0.05, 0) is 146 Å². The molecule has 13 heteroatoms. The van der Waals surface area contributed by atoms with Crippen LogP contribution in [0.2, 0.25) is 98.2 Å². The second-order valence-electron chi connectivity index (χ2n) is 31.9. The minimum absolute atomic E-state index is 0.0264. The average Bonchev–Trinajstić information content (AvgIpc) is 0.684. The molecule has 0 spiro atoms. The molecule has 0 radical (unpaired) electrons. The molecule has 17 rings (SSSR count). The first kappa shape index (κ1) is 57.6. The molecule has 0 amide bonds. The van der Waals surface area contributed by atoms with E-state index in [0.717, 1.165) is 56.9 Å². The average molecular weight is 1280 g/mol. The maximum Gasteiger partial charge on any atom is 0.252 e. The Morgan fingerprint density at radius 2 is 0.728 bits per heavy atom. The smallest absolute Gasteiger partial charge is 0.252 e. The first-order valence-electron chi connectivity index (χ1n) is 33.1. The minimum atomic E-state index is -1.91. The summed E-state index contributed by atoms with van der Waals surface area (Å²) >= 11 is 0. The van der Waals surface area contributed by atoms with Crippen molar-refractivity contribution in [1.82, 2.24) is 0 Å². The summed E-state index contributed by atoms with van der Waals surface area (Å²) in [6, 6.07) is 78.4. The number of anilines is 12. The van der Waals surface area contributed by atoms with Crippen LogP contribution in [0.3, 0.4) is 0 Å². The molecule has 0 unspecified atom stereocenters. The fourth-order valence-electron chi connectivity index (χ4n) is 15.7. The van der Waals surface area contributed by atoms with Gasteiger partial charge < -0.3 is 29.1 Å². The Morgan fingerprint density at radius 1 is 0.272 bits per heavy atom. The van der Waals surface area contributed by atoms with E-state index in [1.54, 1.807) is 0 Å². The largest absolute Gasteiger partial charge is 0.453 e. The third-order valence-corrected chi connectivity index (χ3v) is 31.0. The number of fused-ring (bicyclic) bond motifs is 14. The zero-order valence-electron chi connectivity index (χ0n) is 55.8. The molecule has 452 valence electrons. The molecule has 0 fully saturated rings. The van der Waals surface area contributed by atoms with E-state index in [4.69, 9.17) is 9.47 Å². The predicted molar refractivity (Wildman–Crippen MR) is 412 cm³/mol. The SMILES string of the molecule is C[Si](C)(C)c1ccc(N2c3cc([Si](C)(C)C)ccc3B3c4ccc([Si](C)(C)C)cc4N(c4ccc([Si](C)(C)C)cc4)c4c3c2cc2ccc(-c3cc5c6c(c3)B3c7cccc8c7N(c7ccccc7O8)c7cc([Si](C)(C)C)cc(c73)N6c3ccccc3O5)cc42)cc1. The van der Waals surface area contributed by atoms with E-state index in [1.165, 1.54) is 115 Å². The third kappa shape index (κ3) is 8.60. The Morgan fingerprint density at radius 3 is 1.28 bits per heavy atom. The van der Waals surface area contributed by atoms with Gasteiger partial charge in [-0.25, -0.2) is 0 Å². The molecule has 6 aliphatic heterocycles. The number of rotatable bonds is 8. The number of para-hydroxylation sites is 5. The number of ether oxygens (including phenoxy) is 2. The van der Waals surface area contributed by atoms with Gasteiger partial charge in [0, 0.05) is 45.2 Å². The standard InChI is InChI=1S/C79H78B2N4O2Si5/c1-88(2,3)54-33-29-52(30-34-54)82-66-45-56(90(7,8)9)37-39-60(66)80-61-40-38-57(91(10,11)12)46-67(61)83(53-31-35-55(36-32-53)89(4,5)6)77-59-41-49(27-28-50(59)43-68(82)76(77)80)51-42-63-79-74(44-51)87-72-25-19-17-23-65(72)85(79)70-48-58(92(13,14)15)47-69-75(70)81(63)62-21-20-26-73-78(62)84(69)64-22-16-18-24-71(64)86-73/h16-48H,1-15H3. The van der Waals surface area contributed by atoms with Crippen molar-refractivity contribution in [2.45, 2.75) is 98.2 Å². The van der Waals surface area contributed by atoms with Crippen LogP contribution in [0.4, 0.5) is 68.2 Å². The Kier molecular flexibility index (Phi) is 12.3. The van der Waals surface area contributed by atoms with Crippen LogP contribution in [0.15, 0.2) is 200 Å². The Balaban J connectivity index is 0.955. The minimum Gasteiger partial charge on any atom is -0.453 e. The summed E-state index contributed by atoms with van der Waals surface area (Å²) in [5.41, 5.74) is 24.4. The quantitative estimate of drug-likeness (QED) is 0.141. The molecule has 0 N–H and O–H groups in total. The monoisotopic (exact) mass is 1280 g/mol. The van der Waals surface area contributed by atoms with E-state index < -0.39 is 40.4 Å². The normalized spacial score (nSPS) is 14.7. The van der Waals surface area contributed by atoms with Crippen LogP contribution in [-0.2, 0) is 0 Å². The number of hydrogen-bond acceptors (Lipinski definition) is 6. The van der Waals surface area contributed by atoms with E-state index in [9.17, 15) is 0 Å². The van der Waals surface area contributed by atoms with Crippen molar-refractivity contribution in [3.05, 3.63) is 200 Å². The topological polar surface area (TPSA) is 31.4 Å². The molecule has 0 aliphatic carbocycles. The summed E-state index contributed by atoms with van der Waals surface area (Å²) in [5, 5.41) is 9.70. The lowest BCUT2D eigenvalue weighted by molar-refractivity contribution is 0.477. The summed E-state index contributed by atoms with van der Waals surface area (Å²) in [6.07, 6.45) is 0. The molecule has 6 nitrogen and oxygen atoms in total. The highest BCUT2D eigenvalue weighted by Crippen LogP contribution is 2.57. The summed E-state index contributed by atoms with van der Waals surface area (Å²) < 4.78 is 14.3. The summed E-state index contributed by atoms with van der Waals surface area (Å²) in [4.78, 5) is 10.4. The molecular weight excluding hydrogens is 1200 g/mol. The molecule has 0 atom stereocenters. The highest BCUT2D eigenvalue weighted by Gasteiger charge is 2.50. The van der Waals surface area contributed by atoms with Crippen molar-refractivity contribution >= 4 is 192 Å². The third-order valence-electron chi connectivity index (χ3n) is 20.7. The lowest BCUT2D eigenvalue weighted by Crippen LogP contribution is -2.62. The van der Waals surface area contributed by atoms with Crippen LogP contribution >= 0.6 is 0 Å². The highest BCUT2D eigenvalue weighted by atomic mass is 28.3. The molecule has 6 aliphatic rings. The van der Waals surface area contributed by atoms with Gasteiger partial charge in [0.1, 0.15) is 0 Å². The van der Waals surface area contributed by atoms with Gasteiger partial charge in [0.25, 0.3) is 13.4 Å². The van der Waals surface area contributed by atoms with Gasteiger partial charge in [0.2, 0.25) is 0 Å². The lowest BCUT2D eigenvalue weighted by Gasteiger charge is -2.47. The van der Waals surface area contributed by atoms with Crippen molar-refractivity contribution in [1.29, 1.82) is 0 Å². The van der Waals surface area contributed by atoms with Gasteiger partial charge in [-0.2, -0.15) is 0 Å². The van der Waals surface area contributed by atoms with Gasteiger partial charge in [-0.15, -0.1) is 0 Å². The Hall–Kier alpha value is -8.31.